The summed E-state index contributed by atoms with van der Waals surface area (Å²) < 4.78 is 25.9. The average Bonchev–Trinajstić information content (AvgIpc) is 2.51. The molecule has 0 aliphatic carbocycles. The lowest BCUT2D eigenvalue weighted by Crippen LogP contribution is -2.25. The zero-order valence-corrected chi connectivity index (χ0v) is 10.2. The van der Waals surface area contributed by atoms with Crippen molar-refractivity contribution >= 4 is 27.1 Å². The molecule has 0 atom stereocenters. The van der Waals surface area contributed by atoms with E-state index in [0.717, 1.165) is 4.88 Å². The van der Waals surface area contributed by atoms with Crippen LogP contribution in [-0.2, 0) is 14.8 Å². The molecule has 1 aromatic heterocycles. The Balaban J connectivity index is 2.64. The first kappa shape index (κ1) is 12.4. The molecule has 0 aliphatic rings. The van der Waals surface area contributed by atoms with E-state index in [4.69, 9.17) is 0 Å². The predicted molar refractivity (Wildman–Crippen MR) is 59.5 cm³/mol. The highest BCUT2D eigenvalue weighted by molar-refractivity contribution is 7.91. The first-order chi connectivity index (χ1) is 6.92. The Morgan fingerprint density at radius 3 is 2.60 bits per heavy atom. The second-order valence-corrected chi connectivity index (χ2v) is 6.50. The van der Waals surface area contributed by atoms with E-state index < -0.39 is 10.0 Å². The number of thiophene rings is 1. The van der Waals surface area contributed by atoms with Gasteiger partial charge >= 0.3 is 0 Å². The van der Waals surface area contributed by atoms with Gasteiger partial charge in [0.25, 0.3) is 0 Å². The van der Waals surface area contributed by atoms with Crippen molar-refractivity contribution in [2.24, 2.45) is 0 Å². The molecule has 6 heteroatoms. The van der Waals surface area contributed by atoms with E-state index in [9.17, 15) is 13.2 Å². The summed E-state index contributed by atoms with van der Waals surface area (Å²) in [5, 5.41) is 0. The van der Waals surface area contributed by atoms with Crippen molar-refractivity contribution in [2.45, 2.75) is 24.5 Å². The van der Waals surface area contributed by atoms with Crippen LogP contribution in [-0.4, -0.2) is 20.7 Å². The molecule has 84 valence electrons. The fourth-order valence-electron chi connectivity index (χ4n) is 0.989. The number of ketones is 1. The standard InChI is InChI=1S/C9H13NO3S2/c1-7(11)5-6-10-15(12,13)9-4-3-8(2)14-9/h3-4,10H,5-6H2,1-2H3. The maximum absolute atomic E-state index is 11.6. The molecule has 0 aromatic carbocycles. The van der Waals surface area contributed by atoms with E-state index in [2.05, 4.69) is 4.72 Å². The van der Waals surface area contributed by atoms with E-state index in [-0.39, 0.29) is 18.7 Å². The number of hydrogen-bond acceptors (Lipinski definition) is 4. The average molecular weight is 247 g/mol. The molecule has 1 aromatic rings. The van der Waals surface area contributed by atoms with Gasteiger partial charge in [0.1, 0.15) is 9.99 Å². The van der Waals surface area contributed by atoms with Crippen molar-refractivity contribution in [1.82, 2.24) is 4.72 Å². The summed E-state index contributed by atoms with van der Waals surface area (Å²) in [5.41, 5.74) is 0. The molecule has 0 spiro atoms. The van der Waals surface area contributed by atoms with Crippen LogP contribution >= 0.6 is 11.3 Å². The maximum atomic E-state index is 11.6. The zero-order valence-electron chi connectivity index (χ0n) is 8.61. The lowest BCUT2D eigenvalue weighted by atomic mass is 10.3. The van der Waals surface area contributed by atoms with Crippen LogP contribution in [0.25, 0.3) is 0 Å². The Labute approximate surface area is 93.4 Å². The van der Waals surface area contributed by atoms with Gasteiger partial charge in [0.05, 0.1) is 0 Å². The van der Waals surface area contributed by atoms with E-state index >= 15 is 0 Å². The quantitative estimate of drug-likeness (QED) is 0.853. The Kier molecular flexibility index (Phi) is 4.01. The van der Waals surface area contributed by atoms with Gasteiger partial charge in [0, 0.05) is 17.8 Å². The molecule has 0 saturated heterocycles. The van der Waals surface area contributed by atoms with Crippen molar-refractivity contribution in [3.63, 3.8) is 0 Å². The molecule has 1 heterocycles. The molecule has 0 aliphatic heterocycles. The van der Waals surface area contributed by atoms with Gasteiger partial charge in [0.2, 0.25) is 10.0 Å². The second kappa shape index (κ2) is 4.87. The lowest BCUT2D eigenvalue weighted by Gasteiger charge is -2.02. The molecule has 0 radical (unpaired) electrons. The third kappa shape index (κ3) is 3.73. The fraction of sp³-hybridized carbons (Fsp3) is 0.444. The van der Waals surface area contributed by atoms with E-state index in [1.807, 2.05) is 6.92 Å². The van der Waals surface area contributed by atoms with Crippen LogP contribution < -0.4 is 4.72 Å². The summed E-state index contributed by atoms with van der Waals surface area (Å²) in [7, 11) is -3.42. The first-order valence-electron chi connectivity index (χ1n) is 4.47. The summed E-state index contributed by atoms with van der Waals surface area (Å²) in [5.74, 6) is -0.0277. The fourth-order valence-corrected chi connectivity index (χ4v) is 3.35. The molecule has 4 nitrogen and oxygen atoms in total. The molecular formula is C9H13NO3S2. The number of carbonyl (C=O) groups excluding carboxylic acids is 1. The van der Waals surface area contributed by atoms with Gasteiger partial charge < -0.3 is 0 Å². The highest BCUT2D eigenvalue weighted by atomic mass is 32.2. The van der Waals surface area contributed by atoms with Gasteiger partial charge in [-0.1, -0.05) is 0 Å². The Morgan fingerprint density at radius 2 is 2.13 bits per heavy atom. The molecule has 1 rings (SSSR count). The van der Waals surface area contributed by atoms with Gasteiger partial charge in [-0.2, -0.15) is 0 Å². The SMILES string of the molecule is CC(=O)CCNS(=O)(=O)c1ccc(C)s1. The maximum Gasteiger partial charge on any atom is 0.250 e. The molecule has 0 bridgehead atoms. The molecule has 0 unspecified atom stereocenters. The van der Waals surface area contributed by atoms with Gasteiger partial charge in [0.15, 0.2) is 0 Å². The summed E-state index contributed by atoms with van der Waals surface area (Å²) in [6.45, 7) is 3.44. The van der Waals surface area contributed by atoms with E-state index in [1.54, 1.807) is 12.1 Å². The number of sulfonamides is 1. The first-order valence-corrected chi connectivity index (χ1v) is 6.77. The molecule has 15 heavy (non-hydrogen) atoms. The van der Waals surface area contributed by atoms with Crippen LogP contribution in [0.4, 0.5) is 0 Å². The summed E-state index contributed by atoms with van der Waals surface area (Å²) in [4.78, 5) is 11.6. The minimum absolute atomic E-state index is 0.0277. The molecular weight excluding hydrogens is 234 g/mol. The van der Waals surface area contributed by atoms with Crippen LogP contribution in [0.15, 0.2) is 16.3 Å². The summed E-state index contributed by atoms with van der Waals surface area (Å²) in [6, 6.07) is 3.32. The Hall–Kier alpha value is -0.720. The number of aryl methyl sites for hydroxylation is 1. The summed E-state index contributed by atoms with van der Waals surface area (Å²) in [6.07, 6.45) is 0.226. The number of nitrogens with one attached hydrogen (secondary N) is 1. The molecule has 1 N–H and O–H groups in total. The van der Waals surface area contributed by atoms with Crippen molar-refractivity contribution < 1.29 is 13.2 Å². The minimum atomic E-state index is -3.42. The van der Waals surface area contributed by atoms with Gasteiger partial charge in [-0.25, -0.2) is 13.1 Å². The third-order valence-electron chi connectivity index (χ3n) is 1.75. The molecule has 0 amide bonds. The van der Waals surface area contributed by atoms with E-state index in [0.29, 0.717) is 4.21 Å². The van der Waals surface area contributed by atoms with Gasteiger partial charge in [-0.15, -0.1) is 11.3 Å². The number of rotatable bonds is 5. The zero-order chi connectivity index (χ0) is 11.5. The Morgan fingerprint density at radius 1 is 1.47 bits per heavy atom. The van der Waals surface area contributed by atoms with Gasteiger partial charge in [-0.05, 0) is 26.0 Å². The normalized spacial score (nSPS) is 11.6. The Bertz CT molecular complexity index is 448. The van der Waals surface area contributed by atoms with Crippen molar-refractivity contribution in [3.05, 3.63) is 17.0 Å². The van der Waals surface area contributed by atoms with E-state index in [1.165, 1.54) is 18.3 Å². The van der Waals surface area contributed by atoms with Crippen molar-refractivity contribution in [1.29, 1.82) is 0 Å². The second-order valence-electron chi connectivity index (χ2n) is 3.21. The van der Waals surface area contributed by atoms with Crippen LogP contribution in [0, 0.1) is 6.92 Å². The van der Waals surface area contributed by atoms with Crippen molar-refractivity contribution in [2.75, 3.05) is 6.54 Å². The topological polar surface area (TPSA) is 63.2 Å². The minimum Gasteiger partial charge on any atom is -0.300 e. The number of carbonyl (C=O) groups is 1. The van der Waals surface area contributed by atoms with Crippen LogP contribution in [0.2, 0.25) is 0 Å². The third-order valence-corrected chi connectivity index (χ3v) is 4.70. The number of Topliss-reactive ketones (excluding diaryl/α,β-unsaturated/α-hetero) is 1. The lowest BCUT2D eigenvalue weighted by molar-refractivity contribution is -0.116. The monoisotopic (exact) mass is 247 g/mol. The smallest absolute Gasteiger partial charge is 0.250 e. The van der Waals surface area contributed by atoms with Crippen LogP contribution in [0.1, 0.15) is 18.2 Å². The highest BCUT2D eigenvalue weighted by Gasteiger charge is 2.15. The van der Waals surface area contributed by atoms with Crippen LogP contribution in [0.3, 0.4) is 0 Å². The predicted octanol–water partition coefficient (Wildman–Crippen LogP) is 1.31. The van der Waals surface area contributed by atoms with Crippen molar-refractivity contribution in [3.8, 4) is 0 Å². The van der Waals surface area contributed by atoms with Gasteiger partial charge in [-0.3, -0.25) is 4.79 Å². The largest absolute Gasteiger partial charge is 0.300 e. The summed E-state index contributed by atoms with van der Waals surface area (Å²) >= 11 is 1.22. The van der Waals surface area contributed by atoms with Crippen LogP contribution in [0.5, 0.6) is 0 Å². The highest BCUT2D eigenvalue weighted by Crippen LogP contribution is 2.19. The molecule has 0 saturated carbocycles. The number of hydrogen-bond donors (Lipinski definition) is 1. The molecule has 0 fully saturated rings.